The number of nitrogens with zero attached hydrogens (tertiary/aromatic N) is 8. The van der Waals surface area contributed by atoms with Gasteiger partial charge in [0.2, 0.25) is 0 Å². The summed E-state index contributed by atoms with van der Waals surface area (Å²) in [6, 6.07) is 0. The maximum Gasteiger partial charge on any atom is 0.332 e. The highest BCUT2D eigenvalue weighted by atomic mass is 16.2. The molecule has 8 aromatic heterocycles. The van der Waals surface area contributed by atoms with Crippen molar-refractivity contribution in [2.45, 2.75) is 0 Å². The number of hydrogen-bond donors (Lipinski definition) is 8. The summed E-state index contributed by atoms with van der Waals surface area (Å²) in [6.45, 7) is 0. The molecular weight excluding hydrogens is 684 g/mol. The van der Waals surface area contributed by atoms with Crippen molar-refractivity contribution in [2.75, 3.05) is 0 Å². The van der Waals surface area contributed by atoms with Crippen LogP contribution in [0.4, 0.5) is 0 Å². The van der Waals surface area contributed by atoms with Crippen LogP contribution in [0.1, 0.15) is 0 Å². The second-order valence-corrected chi connectivity index (χ2v) is 10.3. The van der Waals surface area contributed by atoms with E-state index in [1.54, 1.807) is 25.7 Å². The van der Waals surface area contributed by atoms with Crippen molar-refractivity contribution in [3.8, 4) is 0 Å². The molecule has 10 N–H and O–H groups in total. The quantitative estimate of drug-likeness (QED) is 0.0729. The molecule has 0 unspecified atom stereocenters. The number of rotatable bonds is 0. The number of nitrogens with one attached hydrogen (secondary N) is 8. The van der Waals surface area contributed by atoms with Crippen molar-refractivity contribution in [3.05, 3.63) is 113 Å². The standard InChI is InChI=1S/C8H10N4O2.C7H8N4O2.C5H4N4O3.C5H4N4O2.H2O/c1-10-4-9-6-5(10)7(13)12(3)8(14)11(6)2;1-10-5-4(8-3-9-5)6(12)11(2)7(10)13;10-3-1-2(7-4(11)6-1)8-5(12)9-3;10-4-2-3(7-1-6-2)8-5(11)9-4;/h4H,1-3H3;3H,1-2H3,(H,8,9);(H4,6,7,8,9,10,11,12);1H,(H3,6,7,8,9,10,11);1H2. The average Bonchev–Trinajstić information content (AvgIpc) is 3.88. The first-order valence-electron chi connectivity index (χ1n) is 13.9. The summed E-state index contributed by atoms with van der Waals surface area (Å²) in [5, 5.41) is 0. The van der Waals surface area contributed by atoms with Crippen LogP contribution in [0, 0.1) is 0 Å². The normalized spacial score (nSPS) is 10.6. The summed E-state index contributed by atoms with van der Waals surface area (Å²) in [6.07, 6.45) is 4.26. The molecule has 0 aliphatic carbocycles. The molecule has 0 aliphatic rings. The van der Waals surface area contributed by atoms with E-state index in [0.29, 0.717) is 22.3 Å². The predicted molar refractivity (Wildman–Crippen MR) is 179 cm³/mol. The van der Waals surface area contributed by atoms with Crippen LogP contribution in [0.5, 0.6) is 0 Å². The molecule has 0 spiro atoms. The summed E-state index contributed by atoms with van der Waals surface area (Å²) in [4.78, 5) is 130. The molecule has 0 amide bonds. The Balaban J connectivity index is 0.000000152. The SMILES string of the molecule is Cn1c(=O)c2[nH]cnc2n(C)c1=O.Cn1c(=O)c2c(ncn2C)n(C)c1=O.O.O=c1[nH]c(=O)c2[nH]c(=O)[nH]c2[nH]1.O=c1[nH]c(=O)c2[nH]cnc2[nH]1. The minimum atomic E-state index is -0.650. The Hall–Kier alpha value is -7.64. The van der Waals surface area contributed by atoms with Crippen LogP contribution in [0.15, 0.2) is 62.1 Å². The lowest BCUT2D eigenvalue weighted by Gasteiger charge is -2.02. The van der Waals surface area contributed by atoms with E-state index in [1.165, 1.54) is 42.2 Å². The average molecular weight is 713 g/mol. The van der Waals surface area contributed by atoms with Crippen LogP contribution in [0.2, 0.25) is 0 Å². The van der Waals surface area contributed by atoms with Gasteiger partial charge in [0, 0.05) is 35.2 Å². The Morgan fingerprint density at radius 3 is 1.67 bits per heavy atom. The molecule has 0 bridgehead atoms. The topological polar surface area (TPSA) is 375 Å². The van der Waals surface area contributed by atoms with E-state index >= 15 is 0 Å². The van der Waals surface area contributed by atoms with Gasteiger partial charge in [-0.3, -0.25) is 67.4 Å². The lowest BCUT2D eigenvalue weighted by Crippen LogP contribution is -2.37. The van der Waals surface area contributed by atoms with E-state index in [1.807, 2.05) is 4.98 Å². The monoisotopic (exact) mass is 712 g/mol. The highest BCUT2D eigenvalue weighted by molar-refractivity contribution is 5.70. The molecule has 8 rings (SSSR count). The van der Waals surface area contributed by atoms with Gasteiger partial charge < -0.3 is 20.0 Å². The van der Waals surface area contributed by atoms with E-state index in [4.69, 9.17) is 0 Å². The van der Waals surface area contributed by atoms with Gasteiger partial charge in [-0.25, -0.2) is 38.9 Å². The molecule has 8 aromatic rings. The highest BCUT2D eigenvalue weighted by Crippen LogP contribution is 2.02. The number of aromatic amines is 8. The first kappa shape index (κ1) is 36.2. The minimum absolute atomic E-state index is 0. The molecule has 0 saturated carbocycles. The van der Waals surface area contributed by atoms with Gasteiger partial charge in [0.05, 0.1) is 19.0 Å². The predicted octanol–water partition coefficient (Wildman–Crippen LogP) is -5.72. The Morgan fingerprint density at radius 1 is 0.510 bits per heavy atom. The zero-order valence-corrected chi connectivity index (χ0v) is 27.0. The summed E-state index contributed by atoms with van der Waals surface area (Å²) in [7, 11) is 7.78. The maximum atomic E-state index is 11.7. The van der Waals surface area contributed by atoms with E-state index < -0.39 is 28.2 Å². The zero-order valence-electron chi connectivity index (χ0n) is 27.0. The third-order valence-electron chi connectivity index (χ3n) is 7.09. The molecule has 0 aliphatic heterocycles. The first-order chi connectivity index (χ1) is 23.6. The van der Waals surface area contributed by atoms with Crippen molar-refractivity contribution in [1.29, 1.82) is 0 Å². The fourth-order valence-corrected chi connectivity index (χ4v) is 4.56. The number of fused-ring (bicyclic) bond motifs is 4. The number of imidazole rings is 4. The van der Waals surface area contributed by atoms with Crippen molar-refractivity contribution in [1.82, 2.24) is 77.7 Å². The third-order valence-corrected chi connectivity index (χ3v) is 7.09. The highest BCUT2D eigenvalue weighted by Gasteiger charge is 2.12. The molecule has 0 atom stereocenters. The molecule has 0 saturated heterocycles. The van der Waals surface area contributed by atoms with Crippen LogP contribution in [-0.4, -0.2) is 83.1 Å². The van der Waals surface area contributed by atoms with Gasteiger partial charge in [-0.1, -0.05) is 0 Å². The van der Waals surface area contributed by atoms with Crippen molar-refractivity contribution < 1.29 is 5.48 Å². The third kappa shape index (κ3) is 6.72. The van der Waals surface area contributed by atoms with E-state index in [-0.39, 0.29) is 50.3 Å². The van der Waals surface area contributed by atoms with Gasteiger partial charge in [-0.2, -0.15) is 0 Å². The molecule has 0 aromatic carbocycles. The summed E-state index contributed by atoms with van der Waals surface area (Å²) >= 11 is 0. The first-order valence-corrected chi connectivity index (χ1v) is 13.9. The number of hydrogen-bond acceptors (Lipinski definition) is 12. The van der Waals surface area contributed by atoms with E-state index in [9.17, 15) is 43.2 Å². The van der Waals surface area contributed by atoms with Crippen LogP contribution in [0.3, 0.4) is 0 Å². The Kier molecular flexibility index (Phi) is 9.82. The molecule has 0 fully saturated rings. The molecule has 26 heteroatoms. The summed E-state index contributed by atoms with van der Waals surface area (Å²) < 4.78 is 6.41. The van der Waals surface area contributed by atoms with Crippen molar-refractivity contribution in [3.63, 3.8) is 0 Å². The Bertz CT molecular complexity index is 3110. The largest absolute Gasteiger partial charge is 0.412 e. The van der Waals surface area contributed by atoms with Crippen LogP contribution >= 0.6 is 0 Å². The van der Waals surface area contributed by atoms with Gasteiger partial charge in [-0.05, 0) is 0 Å². The number of aromatic nitrogens is 16. The van der Waals surface area contributed by atoms with E-state index in [2.05, 4.69) is 49.8 Å². The summed E-state index contributed by atoms with van der Waals surface area (Å²) in [5.41, 5.74) is -1.91. The van der Waals surface area contributed by atoms with Crippen LogP contribution in [0.25, 0.3) is 44.7 Å². The van der Waals surface area contributed by atoms with E-state index in [0.717, 1.165) is 9.13 Å². The second kappa shape index (κ2) is 13.8. The lowest BCUT2D eigenvalue weighted by atomic mass is 10.5. The molecule has 8 heterocycles. The second-order valence-electron chi connectivity index (χ2n) is 10.3. The van der Waals surface area contributed by atoms with Gasteiger partial charge >= 0.3 is 28.4 Å². The molecule has 26 nitrogen and oxygen atoms in total. The summed E-state index contributed by atoms with van der Waals surface area (Å²) in [5.74, 6) is 0. The van der Waals surface area contributed by atoms with Crippen LogP contribution < -0.4 is 50.7 Å². The molecule has 51 heavy (non-hydrogen) atoms. The molecule has 0 radical (unpaired) electrons. The smallest absolute Gasteiger partial charge is 0.332 e. The Labute approximate surface area is 276 Å². The fourth-order valence-electron chi connectivity index (χ4n) is 4.56. The number of H-pyrrole nitrogens is 8. The van der Waals surface area contributed by atoms with Crippen LogP contribution in [-0.2, 0) is 35.2 Å². The lowest BCUT2D eigenvalue weighted by molar-refractivity contribution is 0.705. The van der Waals surface area contributed by atoms with Gasteiger partial charge in [0.1, 0.15) is 22.2 Å². The van der Waals surface area contributed by atoms with Crippen molar-refractivity contribution >= 4 is 44.7 Å². The van der Waals surface area contributed by atoms with Crippen molar-refractivity contribution in [2.24, 2.45) is 35.2 Å². The van der Waals surface area contributed by atoms with Gasteiger partial charge in [0.25, 0.3) is 22.2 Å². The minimum Gasteiger partial charge on any atom is -0.412 e. The number of aryl methyl sites for hydroxylation is 3. The van der Waals surface area contributed by atoms with Gasteiger partial charge in [0.15, 0.2) is 22.5 Å². The Morgan fingerprint density at radius 2 is 1.02 bits per heavy atom. The molecular formula is C25H28N16O10. The van der Waals surface area contributed by atoms with Gasteiger partial charge in [-0.15, -0.1) is 0 Å². The fraction of sp³-hybridized carbons (Fsp3) is 0.200. The maximum absolute atomic E-state index is 11.7. The molecule has 268 valence electrons. The zero-order chi connectivity index (χ0) is 36.6.